The molecule has 1 saturated heterocycles. The number of rotatable bonds is 5. The van der Waals surface area contributed by atoms with Crippen LogP contribution >= 0.6 is 0 Å². The first-order valence-electron chi connectivity index (χ1n) is 10.8. The quantitative estimate of drug-likeness (QED) is 0.493. The van der Waals surface area contributed by atoms with Gasteiger partial charge in [0.2, 0.25) is 5.88 Å². The zero-order chi connectivity index (χ0) is 23.8. The van der Waals surface area contributed by atoms with E-state index in [1.165, 1.54) is 12.1 Å². The smallest absolute Gasteiger partial charge is 0.419 e. The maximum Gasteiger partial charge on any atom is 0.419 e. The van der Waals surface area contributed by atoms with E-state index in [4.69, 9.17) is 4.74 Å². The molecule has 3 heterocycles. The van der Waals surface area contributed by atoms with Gasteiger partial charge >= 0.3 is 6.18 Å². The van der Waals surface area contributed by atoms with Crippen molar-refractivity contribution in [3.63, 3.8) is 0 Å². The first-order chi connectivity index (χ1) is 15.7. The summed E-state index contributed by atoms with van der Waals surface area (Å²) < 4.78 is 59.7. The molecule has 1 atom stereocenters. The second kappa shape index (κ2) is 8.99. The Labute approximate surface area is 189 Å². The summed E-state index contributed by atoms with van der Waals surface area (Å²) in [6.45, 7) is 5.01. The molecule has 0 aliphatic carbocycles. The standard InChI is InChI=1S/C23H25F4N5O/c1-13(15-8-7-9-17(19(15)24)23(25,26)27)28-20-16-12-18(32-10-5-4-6-11-32)22(33-3)31-21(16)30-14(2)29-20/h7-9,12-13H,4-6,10-11H2,1-3H3,(H,28,29,30,31)/t13-/m1/s1. The van der Waals surface area contributed by atoms with Crippen molar-refractivity contribution in [3.8, 4) is 5.88 Å². The number of aromatic nitrogens is 3. The fourth-order valence-corrected chi connectivity index (χ4v) is 4.14. The summed E-state index contributed by atoms with van der Waals surface area (Å²) in [5.74, 6) is -0.0588. The average Bonchev–Trinajstić information content (AvgIpc) is 2.78. The normalized spacial score (nSPS) is 15.5. The van der Waals surface area contributed by atoms with Crippen LogP contribution in [-0.2, 0) is 6.18 Å². The molecule has 0 saturated carbocycles. The highest BCUT2D eigenvalue weighted by Crippen LogP contribution is 2.37. The lowest BCUT2D eigenvalue weighted by molar-refractivity contribution is -0.140. The van der Waals surface area contributed by atoms with Crippen LogP contribution in [0.3, 0.4) is 0 Å². The van der Waals surface area contributed by atoms with E-state index in [0.29, 0.717) is 28.6 Å². The van der Waals surface area contributed by atoms with E-state index in [-0.39, 0.29) is 5.56 Å². The predicted molar refractivity (Wildman–Crippen MR) is 118 cm³/mol. The second-order valence-electron chi connectivity index (χ2n) is 8.13. The molecule has 0 amide bonds. The van der Waals surface area contributed by atoms with Gasteiger partial charge in [0.25, 0.3) is 0 Å². The summed E-state index contributed by atoms with van der Waals surface area (Å²) in [6, 6.07) is 4.36. The number of fused-ring (bicyclic) bond motifs is 1. The molecule has 1 aliphatic heterocycles. The van der Waals surface area contributed by atoms with Crippen LogP contribution in [0.15, 0.2) is 24.3 Å². The van der Waals surface area contributed by atoms with Crippen LogP contribution in [0.25, 0.3) is 11.0 Å². The third-order valence-electron chi connectivity index (χ3n) is 5.79. The Morgan fingerprint density at radius 2 is 1.82 bits per heavy atom. The number of benzene rings is 1. The van der Waals surface area contributed by atoms with Gasteiger partial charge < -0.3 is 15.0 Å². The molecule has 0 bridgehead atoms. The minimum atomic E-state index is -4.78. The molecule has 0 unspecified atom stereocenters. The van der Waals surface area contributed by atoms with Crippen molar-refractivity contribution in [3.05, 3.63) is 47.0 Å². The number of hydrogen-bond acceptors (Lipinski definition) is 6. The Hall–Kier alpha value is -3.17. The number of hydrogen-bond donors (Lipinski definition) is 1. The number of nitrogens with zero attached hydrogens (tertiary/aromatic N) is 4. The number of alkyl halides is 3. The van der Waals surface area contributed by atoms with E-state index in [1.54, 1.807) is 21.0 Å². The van der Waals surface area contributed by atoms with E-state index < -0.39 is 23.6 Å². The third kappa shape index (κ3) is 4.65. The van der Waals surface area contributed by atoms with Gasteiger partial charge in [-0.1, -0.05) is 12.1 Å². The van der Waals surface area contributed by atoms with Gasteiger partial charge in [-0.25, -0.2) is 14.4 Å². The molecule has 3 aromatic rings. The monoisotopic (exact) mass is 463 g/mol. The van der Waals surface area contributed by atoms with Gasteiger partial charge in [0.15, 0.2) is 5.65 Å². The highest BCUT2D eigenvalue weighted by molar-refractivity contribution is 5.90. The van der Waals surface area contributed by atoms with Crippen molar-refractivity contribution < 1.29 is 22.3 Å². The fourth-order valence-electron chi connectivity index (χ4n) is 4.14. The van der Waals surface area contributed by atoms with Crippen LogP contribution in [0, 0.1) is 12.7 Å². The van der Waals surface area contributed by atoms with Crippen molar-refractivity contribution in [2.45, 2.75) is 45.3 Å². The molecular formula is C23H25F4N5O. The first kappa shape index (κ1) is 23.0. The molecule has 1 fully saturated rings. The molecule has 0 spiro atoms. The molecule has 176 valence electrons. The number of aryl methyl sites for hydroxylation is 1. The van der Waals surface area contributed by atoms with Crippen molar-refractivity contribution in [2.75, 3.05) is 30.4 Å². The molecule has 1 aliphatic rings. The summed E-state index contributed by atoms with van der Waals surface area (Å²) in [4.78, 5) is 15.6. The number of halogens is 4. The van der Waals surface area contributed by atoms with Gasteiger partial charge in [0.05, 0.1) is 24.1 Å². The number of pyridine rings is 1. The fraction of sp³-hybridized carbons (Fsp3) is 0.435. The first-order valence-corrected chi connectivity index (χ1v) is 10.8. The van der Waals surface area contributed by atoms with Crippen LogP contribution in [0.2, 0.25) is 0 Å². The van der Waals surface area contributed by atoms with Gasteiger partial charge in [-0.15, -0.1) is 0 Å². The van der Waals surface area contributed by atoms with Crippen molar-refractivity contribution in [1.29, 1.82) is 0 Å². The molecule has 1 N–H and O–H groups in total. The Balaban J connectivity index is 1.76. The number of methoxy groups -OCH3 is 1. The Kier molecular flexibility index (Phi) is 6.27. The van der Waals surface area contributed by atoms with Crippen LogP contribution < -0.4 is 15.0 Å². The van der Waals surface area contributed by atoms with E-state index in [0.717, 1.165) is 44.1 Å². The lowest BCUT2D eigenvalue weighted by atomic mass is 10.0. The number of anilines is 2. The topological polar surface area (TPSA) is 63.2 Å². The number of piperidine rings is 1. The summed E-state index contributed by atoms with van der Waals surface area (Å²) >= 11 is 0. The van der Waals surface area contributed by atoms with Gasteiger partial charge in [-0.2, -0.15) is 18.2 Å². The molecule has 1 aromatic carbocycles. The summed E-state index contributed by atoms with van der Waals surface area (Å²) in [6.07, 6.45) is -1.50. The number of nitrogens with one attached hydrogen (secondary N) is 1. The van der Waals surface area contributed by atoms with Crippen LogP contribution in [-0.4, -0.2) is 35.2 Å². The Morgan fingerprint density at radius 1 is 1.09 bits per heavy atom. The summed E-state index contributed by atoms with van der Waals surface area (Å²) in [7, 11) is 1.55. The molecule has 33 heavy (non-hydrogen) atoms. The lowest BCUT2D eigenvalue weighted by Gasteiger charge is -2.29. The van der Waals surface area contributed by atoms with E-state index in [1.807, 2.05) is 6.07 Å². The molecule has 2 aromatic heterocycles. The van der Waals surface area contributed by atoms with E-state index in [9.17, 15) is 17.6 Å². The van der Waals surface area contributed by atoms with Crippen molar-refractivity contribution >= 4 is 22.5 Å². The van der Waals surface area contributed by atoms with E-state index >= 15 is 0 Å². The molecule has 0 radical (unpaired) electrons. The molecular weight excluding hydrogens is 438 g/mol. The minimum absolute atomic E-state index is 0.105. The molecule has 6 nitrogen and oxygen atoms in total. The van der Waals surface area contributed by atoms with Gasteiger partial charge in [0, 0.05) is 18.7 Å². The highest BCUT2D eigenvalue weighted by atomic mass is 19.4. The van der Waals surface area contributed by atoms with Gasteiger partial charge in [-0.05, 0) is 45.2 Å². The minimum Gasteiger partial charge on any atom is -0.479 e. The van der Waals surface area contributed by atoms with Gasteiger partial charge in [-0.3, -0.25) is 0 Å². The van der Waals surface area contributed by atoms with Crippen molar-refractivity contribution in [2.24, 2.45) is 0 Å². The van der Waals surface area contributed by atoms with Crippen LogP contribution in [0.1, 0.15) is 49.2 Å². The van der Waals surface area contributed by atoms with Gasteiger partial charge in [0.1, 0.15) is 23.1 Å². The summed E-state index contributed by atoms with van der Waals surface area (Å²) in [5, 5.41) is 3.66. The third-order valence-corrected chi connectivity index (χ3v) is 5.79. The highest BCUT2D eigenvalue weighted by Gasteiger charge is 2.35. The lowest BCUT2D eigenvalue weighted by Crippen LogP contribution is -2.30. The van der Waals surface area contributed by atoms with Crippen molar-refractivity contribution in [1.82, 2.24) is 15.0 Å². The SMILES string of the molecule is COc1nc2nc(C)nc(N[C@H](C)c3cccc(C(F)(F)F)c3F)c2cc1N1CCCCC1. The van der Waals surface area contributed by atoms with Crippen LogP contribution in [0.5, 0.6) is 5.88 Å². The Morgan fingerprint density at radius 3 is 2.48 bits per heavy atom. The largest absolute Gasteiger partial charge is 0.479 e. The maximum absolute atomic E-state index is 14.7. The average molecular weight is 463 g/mol. The Bertz CT molecular complexity index is 1160. The van der Waals surface area contributed by atoms with E-state index in [2.05, 4.69) is 25.2 Å². The molecule has 4 rings (SSSR count). The number of ether oxygens (including phenoxy) is 1. The zero-order valence-corrected chi connectivity index (χ0v) is 18.6. The maximum atomic E-state index is 14.7. The van der Waals surface area contributed by atoms with Crippen LogP contribution in [0.4, 0.5) is 29.1 Å². The second-order valence-corrected chi connectivity index (χ2v) is 8.13. The summed E-state index contributed by atoms with van der Waals surface area (Å²) in [5.41, 5.74) is -0.208. The zero-order valence-electron chi connectivity index (χ0n) is 18.6. The predicted octanol–water partition coefficient (Wildman–Crippen LogP) is 5.66. The molecule has 10 heteroatoms.